The van der Waals surface area contributed by atoms with Gasteiger partial charge in [0.25, 0.3) is 0 Å². The quantitative estimate of drug-likeness (QED) is 0.749. The summed E-state index contributed by atoms with van der Waals surface area (Å²) in [6, 6.07) is 8.24. The van der Waals surface area contributed by atoms with E-state index in [0.29, 0.717) is 17.0 Å². The van der Waals surface area contributed by atoms with Crippen LogP contribution < -0.4 is 0 Å². The van der Waals surface area contributed by atoms with Crippen molar-refractivity contribution in [1.29, 1.82) is 0 Å². The number of nitrogens with zero attached hydrogens (tertiary/aromatic N) is 5. The first-order valence-electron chi connectivity index (χ1n) is 6.21. The summed E-state index contributed by atoms with van der Waals surface area (Å²) >= 11 is 5.28. The van der Waals surface area contributed by atoms with Gasteiger partial charge in [0.1, 0.15) is 4.64 Å². The lowest BCUT2D eigenvalue weighted by molar-refractivity contribution is 0.572. The maximum absolute atomic E-state index is 5.28. The molecule has 6 nitrogen and oxygen atoms in total. The van der Waals surface area contributed by atoms with E-state index >= 15 is 0 Å². The fourth-order valence-electron chi connectivity index (χ4n) is 2.01. The van der Waals surface area contributed by atoms with Gasteiger partial charge < -0.3 is 5.10 Å². The Bertz CT molecular complexity index is 797. The molecule has 1 aromatic carbocycles. The number of hydrogen-bond acceptors (Lipinski definition) is 4. The summed E-state index contributed by atoms with van der Waals surface area (Å²) in [7, 11) is 1.85. The molecule has 0 radical (unpaired) electrons. The molecule has 2 heterocycles. The number of aromatic nitrogens is 6. The van der Waals surface area contributed by atoms with E-state index in [9.17, 15) is 0 Å². The number of rotatable bonds is 3. The maximum atomic E-state index is 5.28. The number of aryl methyl sites for hydroxylation is 2. The average Bonchev–Trinajstić information content (AvgIpc) is 2.98. The SMILES string of the molecule is Cc1cccc(Cn2nnc(-c3c[nH]n(C)c3=S)n2)c1. The minimum atomic E-state index is 0.541. The molecular formula is C13H14N6S. The standard InChI is InChI=1S/C13H14N6S/c1-9-4-3-5-10(6-9)8-19-16-12(15-17-19)11-7-14-18(2)13(11)20/h3-7,14H,8H2,1-2H3. The third kappa shape index (κ3) is 2.39. The van der Waals surface area contributed by atoms with Gasteiger partial charge in [0.2, 0.25) is 5.82 Å². The van der Waals surface area contributed by atoms with Crippen molar-refractivity contribution < 1.29 is 0 Å². The van der Waals surface area contributed by atoms with Gasteiger partial charge in [-0.1, -0.05) is 42.0 Å². The second-order valence-electron chi connectivity index (χ2n) is 4.68. The average molecular weight is 286 g/mol. The number of H-pyrrole nitrogens is 1. The molecule has 1 N–H and O–H groups in total. The molecule has 7 heteroatoms. The third-order valence-electron chi connectivity index (χ3n) is 3.04. The van der Waals surface area contributed by atoms with E-state index in [4.69, 9.17) is 12.2 Å². The summed E-state index contributed by atoms with van der Waals surface area (Å²) in [6.07, 6.45) is 1.79. The van der Waals surface area contributed by atoms with Gasteiger partial charge in [-0.3, -0.25) is 4.68 Å². The number of tetrazole rings is 1. The summed E-state index contributed by atoms with van der Waals surface area (Å²) in [5.41, 5.74) is 3.15. The molecule has 0 aliphatic heterocycles. The predicted octanol–water partition coefficient (Wildman–Crippen LogP) is 2.09. The number of benzene rings is 1. The van der Waals surface area contributed by atoms with Gasteiger partial charge in [0.05, 0.1) is 12.1 Å². The largest absolute Gasteiger partial charge is 0.304 e. The van der Waals surface area contributed by atoms with Crippen molar-refractivity contribution in [3.8, 4) is 11.4 Å². The zero-order chi connectivity index (χ0) is 14.1. The van der Waals surface area contributed by atoms with Crippen LogP contribution in [0.25, 0.3) is 11.4 Å². The van der Waals surface area contributed by atoms with Crippen LogP contribution in [0.1, 0.15) is 11.1 Å². The Kier molecular flexibility index (Phi) is 3.19. The Morgan fingerprint density at radius 1 is 1.35 bits per heavy atom. The Morgan fingerprint density at radius 3 is 2.90 bits per heavy atom. The molecule has 0 saturated heterocycles. The van der Waals surface area contributed by atoms with Crippen LogP contribution in [0.15, 0.2) is 30.5 Å². The van der Waals surface area contributed by atoms with Gasteiger partial charge in [-0.2, -0.15) is 4.80 Å². The van der Waals surface area contributed by atoms with Crippen LogP contribution >= 0.6 is 12.2 Å². The minimum Gasteiger partial charge on any atom is -0.304 e. The van der Waals surface area contributed by atoms with Gasteiger partial charge in [0.15, 0.2) is 0 Å². The Morgan fingerprint density at radius 2 is 2.20 bits per heavy atom. The van der Waals surface area contributed by atoms with E-state index in [1.165, 1.54) is 5.56 Å². The summed E-state index contributed by atoms with van der Waals surface area (Å²) in [6.45, 7) is 2.66. The lowest BCUT2D eigenvalue weighted by Gasteiger charge is -2.00. The lowest BCUT2D eigenvalue weighted by Crippen LogP contribution is -2.04. The van der Waals surface area contributed by atoms with Crippen LogP contribution in [0.3, 0.4) is 0 Å². The van der Waals surface area contributed by atoms with Crippen molar-refractivity contribution >= 4 is 12.2 Å². The number of aromatic amines is 1. The van der Waals surface area contributed by atoms with Crippen LogP contribution in [0.2, 0.25) is 0 Å². The topological polar surface area (TPSA) is 64.3 Å². The zero-order valence-electron chi connectivity index (χ0n) is 11.2. The van der Waals surface area contributed by atoms with Crippen molar-refractivity contribution in [2.24, 2.45) is 7.05 Å². The molecule has 0 aliphatic rings. The van der Waals surface area contributed by atoms with Gasteiger partial charge in [0, 0.05) is 13.2 Å². The molecule has 0 fully saturated rings. The highest BCUT2D eigenvalue weighted by Crippen LogP contribution is 2.14. The fourth-order valence-corrected chi connectivity index (χ4v) is 2.22. The highest BCUT2D eigenvalue weighted by Gasteiger charge is 2.10. The minimum absolute atomic E-state index is 0.541. The Balaban J connectivity index is 1.87. The van der Waals surface area contributed by atoms with Gasteiger partial charge >= 0.3 is 0 Å². The molecule has 0 atom stereocenters. The van der Waals surface area contributed by atoms with Crippen LogP contribution in [0.4, 0.5) is 0 Å². The maximum Gasteiger partial charge on any atom is 0.209 e. The first-order valence-corrected chi connectivity index (χ1v) is 6.62. The van der Waals surface area contributed by atoms with Crippen LogP contribution in [0, 0.1) is 11.6 Å². The molecule has 102 valence electrons. The Labute approximate surface area is 121 Å². The molecular weight excluding hydrogens is 272 g/mol. The van der Waals surface area contributed by atoms with E-state index in [0.717, 1.165) is 11.1 Å². The predicted molar refractivity (Wildman–Crippen MR) is 77.7 cm³/mol. The number of hydrogen-bond donors (Lipinski definition) is 1. The molecule has 0 spiro atoms. The van der Waals surface area contributed by atoms with Crippen molar-refractivity contribution in [2.75, 3.05) is 0 Å². The smallest absolute Gasteiger partial charge is 0.209 e. The second-order valence-corrected chi connectivity index (χ2v) is 5.07. The summed E-state index contributed by atoms with van der Waals surface area (Å²) < 4.78 is 2.41. The lowest BCUT2D eigenvalue weighted by atomic mass is 10.1. The zero-order valence-corrected chi connectivity index (χ0v) is 12.1. The van der Waals surface area contributed by atoms with E-state index in [2.05, 4.69) is 39.6 Å². The normalized spacial score (nSPS) is 10.9. The van der Waals surface area contributed by atoms with Crippen LogP contribution in [-0.2, 0) is 13.6 Å². The molecule has 0 aliphatic carbocycles. The van der Waals surface area contributed by atoms with E-state index in [1.54, 1.807) is 15.7 Å². The highest BCUT2D eigenvalue weighted by molar-refractivity contribution is 7.71. The molecule has 0 saturated carbocycles. The van der Waals surface area contributed by atoms with E-state index in [-0.39, 0.29) is 0 Å². The molecule has 0 bridgehead atoms. The van der Waals surface area contributed by atoms with Gasteiger partial charge in [-0.05, 0) is 17.7 Å². The van der Waals surface area contributed by atoms with Crippen molar-refractivity contribution in [3.05, 3.63) is 46.2 Å². The fraction of sp³-hybridized carbons (Fsp3) is 0.231. The highest BCUT2D eigenvalue weighted by atomic mass is 32.1. The van der Waals surface area contributed by atoms with E-state index in [1.807, 2.05) is 19.2 Å². The summed E-state index contributed by atoms with van der Waals surface area (Å²) in [4.78, 5) is 1.58. The first-order chi connectivity index (χ1) is 9.63. The summed E-state index contributed by atoms with van der Waals surface area (Å²) in [5, 5.41) is 15.5. The van der Waals surface area contributed by atoms with E-state index < -0.39 is 0 Å². The molecule has 20 heavy (non-hydrogen) atoms. The van der Waals surface area contributed by atoms with Crippen LogP contribution in [0.5, 0.6) is 0 Å². The van der Waals surface area contributed by atoms with Crippen molar-refractivity contribution in [3.63, 3.8) is 0 Å². The van der Waals surface area contributed by atoms with Gasteiger partial charge in [-0.25, -0.2) is 0 Å². The van der Waals surface area contributed by atoms with Gasteiger partial charge in [-0.15, -0.1) is 10.2 Å². The van der Waals surface area contributed by atoms with Crippen molar-refractivity contribution in [2.45, 2.75) is 13.5 Å². The first kappa shape index (κ1) is 12.7. The summed E-state index contributed by atoms with van der Waals surface area (Å²) in [5.74, 6) is 0.541. The molecule has 0 unspecified atom stereocenters. The second kappa shape index (κ2) is 5.01. The monoisotopic (exact) mass is 286 g/mol. The number of nitrogens with one attached hydrogen (secondary N) is 1. The van der Waals surface area contributed by atoms with Crippen molar-refractivity contribution in [1.82, 2.24) is 30.0 Å². The van der Waals surface area contributed by atoms with Crippen LogP contribution in [-0.4, -0.2) is 30.0 Å². The molecule has 3 rings (SSSR count). The third-order valence-corrected chi connectivity index (χ3v) is 3.53. The Hall–Kier alpha value is -2.28. The molecule has 0 amide bonds. The molecule has 3 aromatic rings. The molecule has 2 aromatic heterocycles.